The first kappa shape index (κ1) is 18.1. The number of hydrogen-bond acceptors (Lipinski definition) is 6. The Bertz CT molecular complexity index is 840. The van der Waals surface area contributed by atoms with E-state index in [0.717, 1.165) is 47.4 Å². The third-order valence-corrected chi connectivity index (χ3v) is 4.45. The Kier molecular flexibility index (Phi) is 5.68. The molecule has 0 amide bonds. The van der Waals surface area contributed by atoms with Gasteiger partial charge in [-0.25, -0.2) is 9.97 Å². The summed E-state index contributed by atoms with van der Waals surface area (Å²) in [6.45, 7) is 9.46. The van der Waals surface area contributed by atoms with Gasteiger partial charge in [-0.3, -0.25) is 5.10 Å². The summed E-state index contributed by atoms with van der Waals surface area (Å²) in [6.07, 6.45) is 4.64. The van der Waals surface area contributed by atoms with Crippen LogP contribution in [0, 0.1) is 20.8 Å². The lowest BCUT2D eigenvalue weighted by molar-refractivity contribution is 0.413. The van der Waals surface area contributed by atoms with Crippen molar-refractivity contribution in [3.8, 4) is 0 Å². The van der Waals surface area contributed by atoms with Gasteiger partial charge in [0.25, 0.3) is 0 Å². The summed E-state index contributed by atoms with van der Waals surface area (Å²) in [5, 5.41) is 13.6. The monoisotopic (exact) mass is 354 g/mol. The fourth-order valence-electron chi connectivity index (χ4n) is 2.71. The highest BCUT2D eigenvalue weighted by molar-refractivity contribution is 5.45. The zero-order valence-corrected chi connectivity index (χ0v) is 15.8. The number of furan rings is 1. The second-order valence-electron chi connectivity index (χ2n) is 6.53. The van der Waals surface area contributed by atoms with Gasteiger partial charge in [-0.05, 0) is 51.8 Å². The Labute approximate surface area is 153 Å². The van der Waals surface area contributed by atoms with Crippen molar-refractivity contribution in [1.29, 1.82) is 0 Å². The van der Waals surface area contributed by atoms with Crippen molar-refractivity contribution in [3.63, 3.8) is 0 Å². The zero-order valence-electron chi connectivity index (χ0n) is 15.8. The first-order valence-corrected chi connectivity index (χ1v) is 8.88. The predicted octanol–water partition coefficient (Wildman–Crippen LogP) is 3.22. The summed E-state index contributed by atoms with van der Waals surface area (Å²) in [4.78, 5) is 9.29. The minimum Gasteiger partial charge on any atom is -0.465 e. The lowest BCUT2D eigenvalue weighted by Gasteiger charge is -2.14. The minimum atomic E-state index is 0.103. The number of aromatic nitrogens is 4. The van der Waals surface area contributed by atoms with E-state index in [2.05, 4.69) is 37.7 Å². The first-order valence-electron chi connectivity index (χ1n) is 8.88. The van der Waals surface area contributed by atoms with Crippen molar-refractivity contribution in [2.75, 3.05) is 11.9 Å². The van der Waals surface area contributed by atoms with Crippen LogP contribution in [0.3, 0.4) is 0 Å². The molecule has 0 aliphatic carbocycles. The van der Waals surface area contributed by atoms with Crippen LogP contribution in [0.2, 0.25) is 0 Å². The van der Waals surface area contributed by atoms with Gasteiger partial charge in [0.1, 0.15) is 23.2 Å². The lowest BCUT2D eigenvalue weighted by Crippen LogP contribution is -2.20. The summed E-state index contributed by atoms with van der Waals surface area (Å²) in [5.74, 6) is 3.50. The SMILES string of the molecule is Cc1ccc([C@@H](C)NCc2nc(C)c(C)c(NCCc3cn[nH]c3)n2)o1. The van der Waals surface area contributed by atoms with E-state index in [9.17, 15) is 0 Å². The van der Waals surface area contributed by atoms with Gasteiger partial charge in [-0.15, -0.1) is 0 Å². The highest BCUT2D eigenvalue weighted by Crippen LogP contribution is 2.18. The van der Waals surface area contributed by atoms with Crippen LogP contribution in [0.25, 0.3) is 0 Å². The second kappa shape index (κ2) is 8.14. The predicted molar refractivity (Wildman–Crippen MR) is 101 cm³/mol. The molecule has 1 atom stereocenters. The molecule has 0 fully saturated rings. The van der Waals surface area contributed by atoms with Crippen LogP contribution in [0.15, 0.2) is 28.9 Å². The summed E-state index contributed by atoms with van der Waals surface area (Å²) in [6, 6.07) is 4.07. The van der Waals surface area contributed by atoms with Crippen LogP contribution in [0.5, 0.6) is 0 Å². The Morgan fingerprint density at radius 2 is 2.04 bits per heavy atom. The number of aryl methyl sites for hydroxylation is 2. The average molecular weight is 354 g/mol. The molecule has 0 aliphatic rings. The summed E-state index contributed by atoms with van der Waals surface area (Å²) in [5.41, 5.74) is 3.24. The number of hydrogen-bond donors (Lipinski definition) is 3. The average Bonchev–Trinajstić information content (AvgIpc) is 3.28. The number of anilines is 1. The van der Waals surface area contributed by atoms with Crippen LogP contribution in [-0.4, -0.2) is 26.7 Å². The second-order valence-corrected chi connectivity index (χ2v) is 6.53. The third kappa shape index (κ3) is 4.49. The molecule has 0 bridgehead atoms. The fraction of sp³-hybridized carbons (Fsp3) is 0.421. The van der Waals surface area contributed by atoms with Crippen molar-refractivity contribution >= 4 is 5.82 Å². The molecule has 0 spiro atoms. The van der Waals surface area contributed by atoms with Crippen molar-refractivity contribution in [1.82, 2.24) is 25.5 Å². The van der Waals surface area contributed by atoms with E-state index >= 15 is 0 Å². The molecule has 3 heterocycles. The standard InChI is InChI=1S/C19H26N6O/c1-12-5-6-17(26-12)15(4)21-11-18-24-14(3)13(2)19(25-18)20-8-7-16-9-22-23-10-16/h5-6,9-10,15,21H,7-8,11H2,1-4H3,(H,22,23)(H,20,24,25)/t15-/m1/s1. The molecular formula is C19H26N6O. The minimum absolute atomic E-state index is 0.103. The van der Waals surface area contributed by atoms with E-state index in [4.69, 9.17) is 4.42 Å². The zero-order chi connectivity index (χ0) is 18.5. The van der Waals surface area contributed by atoms with Gasteiger partial charge in [0, 0.05) is 24.0 Å². The molecule has 3 aromatic rings. The van der Waals surface area contributed by atoms with Gasteiger partial charge >= 0.3 is 0 Å². The molecule has 0 unspecified atom stereocenters. The van der Waals surface area contributed by atoms with E-state index in [0.29, 0.717) is 6.54 Å². The Balaban J connectivity index is 1.61. The molecule has 26 heavy (non-hydrogen) atoms. The largest absolute Gasteiger partial charge is 0.465 e. The Morgan fingerprint density at radius 1 is 1.19 bits per heavy atom. The van der Waals surface area contributed by atoms with E-state index < -0.39 is 0 Å². The molecule has 138 valence electrons. The molecule has 7 heteroatoms. The van der Waals surface area contributed by atoms with E-state index in [1.54, 1.807) is 0 Å². The highest BCUT2D eigenvalue weighted by atomic mass is 16.3. The maximum atomic E-state index is 5.67. The molecule has 0 aliphatic heterocycles. The summed E-state index contributed by atoms with van der Waals surface area (Å²) in [7, 11) is 0. The van der Waals surface area contributed by atoms with Gasteiger partial charge in [-0.2, -0.15) is 5.10 Å². The van der Waals surface area contributed by atoms with Crippen LogP contribution in [0.1, 0.15) is 47.1 Å². The van der Waals surface area contributed by atoms with Gasteiger partial charge in [0.2, 0.25) is 0 Å². The number of rotatable bonds is 8. The number of aromatic amines is 1. The third-order valence-electron chi connectivity index (χ3n) is 4.45. The molecule has 0 saturated carbocycles. The van der Waals surface area contributed by atoms with Crippen LogP contribution in [-0.2, 0) is 13.0 Å². The quantitative estimate of drug-likeness (QED) is 0.575. The van der Waals surface area contributed by atoms with Crippen LogP contribution in [0.4, 0.5) is 5.82 Å². The van der Waals surface area contributed by atoms with Crippen molar-refractivity contribution in [3.05, 3.63) is 58.7 Å². The smallest absolute Gasteiger partial charge is 0.144 e. The highest BCUT2D eigenvalue weighted by Gasteiger charge is 2.12. The van der Waals surface area contributed by atoms with Gasteiger partial charge < -0.3 is 15.1 Å². The molecule has 0 radical (unpaired) electrons. The fourth-order valence-corrected chi connectivity index (χ4v) is 2.71. The lowest BCUT2D eigenvalue weighted by atomic mass is 10.2. The van der Waals surface area contributed by atoms with Gasteiger partial charge in [0.05, 0.1) is 18.8 Å². The maximum Gasteiger partial charge on any atom is 0.144 e. The van der Waals surface area contributed by atoms with Gasteiger partial charge in [0.15, 0.2) is 0 Å². The van der Waals surface area contributed by atoms with Gasteiger partial charge in [-0.1, -0.05) is 0 Å². The number of H-pyrrole nitrogens is 1. The molecule has 3 rings (SSSR count). The topological polar surface area (TPSA) is 91.7 Å². The van der Waals surface area contributed by atoms with Crippen molar-refractivity contribution < 1.29 is 4.42 Å². The molecule has 3 N–H and O–H groups in total. The Hall–Kier alpha value is -2.67. The molecule has 7 nitrogen and oxygen atoms in total. The van der Waals surface area contributed by atoms with Crippen LogP contribution < -0.4 is 10.6 Å². The maximum absolute atomic E-state index is 5.67. The molecular weight excluding hydrogens is 328 g/mol. The number of nitrogens with one attached hydrogen (secondary N) is 3. The number of nitrogens with zero attached hydrogens (tertiary/aromatic N) is 3. The van der Waals surface area contributed by atoms with Crippen molar-refractivity contribution in [2.45, 2.75) is 46.7 Å². The van der Waals surface area contributed by atoms with E-state index in [-0.39, 0.29) is 6.04 Å². The first-order chi connectivity index (χ1) is 12.5. The molecule has 0 aromatic carbocycles. The molecule has 3 aromatic heterocycles. The Morgan fingerprint density at radius 3 is 2.73 bits per heavy atom. The summed E-state index contributed by atoms with van der Waals surface area (Å²) < 4.78 is 5.67. The molecule has 0 saturated heterocycles. The van der Waals surface area contributed by atoms with E-state index in [1.807, 2.05) is 45.3 Å². The van der Waals surface area contributed by atoms with Crippen molar-refractivity contribution in [2.24, 2.45) is 0 Å². The van der Waals surface area contributed by atoms with E-state index in [1.165, 1.54) is 5.56 Å². The normalized spacial score (nSPS) is 12.3. The summed E-state index contributed by atoms with van der Waals surface area (Å²) >= 11 is 0. The van der Waals surface area contributed by atoms with Crippen LogP contribution >= 0.6 is 0 Å².